The number of aliphatic carboxylic acids is 1. The van der Waals surface area contributed by atoms with Crippen molar-refractivity contribution >= 4 is 29.2 Å². The summed E-state index contributed by atoms with van der Waals surface area (Å²) < 4.78 is 1.57. The van der Waals surface area contributed by atoms with E-state index in [1.165, 1.54) is 0 Å². The van der Waals surface area contributed by atoms with Gasteiger partial charge in [-0.25, -0.2) is 4.68 Å². The van der Waals surface area contributed by atoms with Crippen molar-refractivity contribution in [2.24, 2.45) is 0 Å². The molecule has 1 aromatic heterocycles. The van der Waals surface area contributed by atoms with E-state index in [9.17, 15) is 4.79 Å². The van der Waals surface area contributed by atoms with E-state index in [2.05, 4.69) is 10.3 Å². The molecule has 0 aliphatic rings. The number of hydrogen-bond acceptors (Lipinski definition) is 4. The summed E-state index contributed by atoms with van der Waals surface area (Å²) in [5.41, 5.74) is 1.42. The van der Waals surface area contributed by atoms with Crippen LogP contribution in [0, 0.1) is 0 Å². The first-order chi connectivity index (χ1) is 9.95. The van der Waals surface area contributed by atoms with E-state index in [0.717, 1.165) is 5.69 Å². The molecule has 0 aliphatic carbocycles. The zero-order chi connectivity index (χ0) is 15.4. The van der Waals surface area contributed by atoms with Gasteiger partial charge in [0, 0.05) is 18.1 Å². The van der Waals surface area contributed by atoms with Crippen LogP contribution in [0.5, 0.6) is 0 Å². The molecule has 0 atom stereocenters. The van der Waals surface area contributed by atoms with Gasteiger partial charge in [-0.05, 0) is 25.2 Å². The number of hydrogen-bond donors (Lipinski definition) is 1. The second-order valence-electron chi connectivity index (χ2n) is 4.63. The lowest BCUT2D eigenvalue weighted by molar-refractivity contribution is -0.137. The molecule has 0 aliphatic heterocycles. The van der Waals surface area contributed by atoms with Crippen LogP contribution < -0.4 is 0 Å². The highest BCUT2D eigenvalue weighted by molar-refractivity contribution is 6.35. The summed E-state index contributed by atoms with van der Waals surface area (Å²) in [6.45, 7) is 0.961. The Morgan fingerprint density at radius 3 is 2.86 bits per heavy atom. The van der Waals surface area contributed by atoms with Crippen LogP contribution in [0.15, 0.2) is 24.4 Å². The Morgan fingerprint density at radius 2 is 2.19 bits per heavy atom. The van der Waals surface area contributed by atoms with Crippen molar-refractivity contribution < 1.29 is 9.90 Å². The first-order valence-electron chi connectivity index (χ1n) is 6.22. The fraction of sp³-hybridized carbons (Fsp3) is 0.308. The molecular formula is C13H14Cl2N4O2. The van der Waals surface area contributed by atoms with Crippen LogP contribution in [0.25, 0.3) is 5.69 Å². The van der Waals surface area contributed by atoms with Crippen LogP contribution in [-0.2, 0) is 11.3 Å². The molecule has 1 heterocycles. The number of nitrogens with zero attached hydrogens (tertiary/aromatic N) is 4. The standard InChI is InChI=1S/C13H14Cl2N4O2/c1-18(5-4-13(20)21)7-10-8-19(17-16-10)12-3-2-9(14)6-11(12)15/h2-3,6,8H,4-5,7H2,1H3,(H,20,21). The Hall–Kier alpha value is -1.63. The molecule has 0 saturated heterocycles. The van der Waals surface area contributed by atoms with Crippen molar-refractivity contribution in [3.63, 3.8) is 0 Å². The van der Waals surface area contributed by atoms with E-state index in [-0.39, 0.29) is 6.42 Å². The first kappa shape index (κ1) is 15.8. The summed E-state index contributed by atoms with van der Waals surface area (Å²) in [6.07, 6.45) is 1.85. The summed E-state index contributed by atoms with van der Waals surface area (Å²) in [5, 5.41) is 17.8. The molecule has 0 unspecified atom stereocenters. The molecule has 0 fully saturated rings. The van der Waals surface area contributed by atoms with Crippen molar-refractivity contribution in [2.75, 3.05) is 13.6 Å². The van der Waals surface area contributed by atoms with E-state index >= 15 is 0 Å². The average molecular weight is 329 g/mol. The molecule has 21 heavy (non-hydrogen) atoms. The largest absolute Gasteiger partial charge is 0.481 e. The Morgan fingerprint density at radius 1 is 1.43 bits per heavy atom. The molecule has 1 N–H and O–H groups in total. The summed E-state index contributed by atoms with van der Waals surface area (Å²) in [7, 11) is 1.83. The van der Waals surface area contributed by atoms with Gasteiger partial charge in [-0.2, -0.15) is 0 Å². The van der Waals surface area contributed by atoms with Gasteiger partial charge < -0.3 is 5.11 Å². The second kappa shape index (κ2) is 6.89. The third kappa shape index (κ3) is 4.42. The van der Waals surface area contributed by atoms with Crippen molar-refractivity contribution in [3.05, 3.63) is 40.1 Å². The number of carboxylic acids is 1. The number of aromatic nitrogens is 3. The monoisotopic (exact) mass is 328 g/mol. The van der Waals surface area contributed by atoms with Crippen LogP contribution in [0.1, 0.15) is 12.1 Å². The third-order valence-corrected chi connectivity index (χ3v) is 3.37. The third-order valence-electron chi connectivity index (χ3n) is 2.84. The summed E-state index contributed by atoms with van der Waals surface area (Å²) in [5.74, 6) is -0.821. The lowest BCUT2D eigenvalue weighted by Gasteiger charge is -2.12. The lowest BCUT2D eigenvalue weighted by atomic mass is 10.3. The SMILES string of the molecule is CN(CCC(=O)O)Cc1cn(-c2ccc(Cl)cc2Cl)nn1. The number of rotatable bonds is 6. The van der Waals surface area contributed by atoms with E-state index < -0.39 is 5.97 Å². The Kier molecular flexibility index (Phi) is 5.17. The molecule has 112 valence electrons. The molecule has 0 bridgehead atoms. The number of halogens is 2. The predicted octanol–water partition coefficient (Wildman–Crippen LogP) is 2.48. The molecule has 2 rings (SSSR count). The number of benzene rings is 1. The minimum absolute atomic E-state index is 0.0909. The lowest BCUT2D eigenvalue weighted by Crippen LogP contribution is -2.21. The maximum atomic E-state index is 10.5. The normalized spacial score (nSPS) is 11.0. The molecule has 0 amide bonds. The number of carbonyl (C=O) groups is 1. The molecule has 1 aromatic carbocycles. The van der Waals surface area contributed by atoms with Gasteiger partial charge in [0.1, 0.15) is 0 Å². The van der Waals surface area contributed by atoms with Crippen molar-refractivity contribution in [1.82, 2.24) is 19.9 Å². The summed E-state index contributed by atoms with van der Waals surface area (Å²) in [6, 6.07) is 5.12. The van der Waals surface area contributed by atoms with Gasteiger partial charge in [0.15, 0.2) is 0 Å². The maximum Gasteiger partial charge on any atom is 0.304 e. The van der Waals surface area contributed by atoms with Gasteiger partial charge in [0.05, 0.1) is 29.0 Å². The van der Waals surface area contributed by atoms with Gasteiger partial charge in [-0.3, -0.25) is 9.69 Å². The van der Waals surface area contributed by atoms with Crippen LogP contribution in [0.2, 0.25) is 10.0 Å². The first-order valence-corrected chi connectivity index (χ1v) is 6.98. The van der Waals surface area contributed by atoms with Crippen molar-refractivity contribution in [1.29, 1.82) is 0 Å². The molecule has 0 spiro atoms. The van der Waals surface area contributed by atoms with Gasteiger partial charge >= 0.3 is 5.97 Å². The molecule has 8 heteroatoms. The minimum atomic E-state index is -0.821. The van der Waals surface area contributed by atoms with Gasteiger partial charge in [-0.1, -0.05) is 28.4 Å². The van der Waals surface area contributed by atoms with Gasteiger partial charge in [0.2, 0.25) is 0 Å². The van der Waals surface area contributed by atoms with Crippen molar-refractivity contribution in [2.45, 2.75) is 13.0 Å². The average Bonchev–Trinajstić information content (AvgIpc) is 2.84. The van der Waals surface area contributed by atoms with Crippen LogP contribution in [-0.4, -0.2) is 44.6 Å². The highest BCUT2D eigenvalue weighted by Crippen LogP contribution is 2.23. The highest BCUT2D eigenvalue weighted by Gasteiger charge is 2.09. The highest BCUT2D eigenvalue weighted by atomic mass is 35.5. The van der Waals surface area contributed by atoms with Crippen LogP contribution in [0.4, 0.5) is 0 Å². The predicted molar refractivity (Wildman–Crippen MR) is 80.0 cm³/mol. The fourth-order valence-electron chi connectivity index (χ4n) is 1.80. The van der Waals surface area contributed by atoms with Crippen molar-refractivity contribution in [3.8, 4) is 5.69 Å². The Balaban J connectivity index is 2.05. The van der Waals surface area contributed by atoms with Gasteiger partial charge in [0.25, 0.3) is 0 Å². The zero-order valence-corrected chi connectivity index (χ0v) is 12.8. The maximum absolute atomic E-state index is 10.5. The molecule has 2 aromatic rings. The van der Waals surface area contributed by atoms with E-state index in [4.69, 9.17) is 28.3 Å². The summed E-state index contributed by atoms with van der Waals surface area (Å²) in [4.78, 5) is 12.4. The smallest absolute Gasteiger partial charge is 0.304 e. The minimum Gasteiger partial charge on any atom is -0.481 e. The fourth-order valence-corrected chi connectivity index (χ4v) is 2.29. The van der Waals surface area contributed by atoms with Crippen LogP contribution >= 0.6 is 23.2 Å². The second-order valence-corrected chi connectivity index (χ2v) is 5.48. The van der Waals surface area contributed by atoms with E-state index in [0.29, 0.717) is 28.8 Å². The molecule has 0 radical (unpaired) electrons. The van der Waals surface area contributed by atoms with E-state index in [1.54, 1.807) is 29.1 Å². The topological polar surface area (TPSA) is 71.2 Å². The number of carboxylic acid groups (broad SMARTS) is 1. The molecule has 6 nitrogen and oxygen atoms in total. The van der Waals surface area contributed by atoms with Crippen LogP contribution in [0.3, 0.4) is 0 Å². The Labute approximate surface area is 131 Å². The Bertz CT molecular complexity index is 645. The van der Waals surface area contributed by atoms with Gasteiger partial charge in [-0.15, -0.1) is 5.10 Å². The quantitative estimate of drug-likeness (QED) is 0.882. The zero-order valence-electron chi connectivity index (χ0n) is 11.3. The summed E-state index contributed by atoms with van der Waals surface area (Å²) >= 11 is 12.0. The molecular weight excluding hydrogens is 315 g/mol. The van der Waals surface area contributed by atoms with E-state index in [1.807, 2.05) is 11.9 Å². The molecule has 0 saturated carbocycles.